The van der Waals surface area contributed by atoms with Crippen molar-refractivity contribution in [2.75, 3.05) is 39.8 Å². The Kier molecular flexibility index (Phi) is 2.64. The molecule has 2 aliphatic heterocycles. The van der Waals surface area contributed by atoms with E-state index in [0.717, 1.165) is 38.0 Å². The van der Waals surface area contributed by atoms with Crippen LogP contribution in [-0.4, -0.2) is 61.5 Å². The number of likely N-dealkylation sites (tertiary alicyclic amines) is 1. The van der Waals surface area contributed by atoms with E-state index >= 15 is 0 Å². The van der Waals surface area contributed by atoms with Crippen LogP contribution in [-0.2, 0) is 4.79 Å². The van der Waals surface area contributed by atoms with Gasteiger partial charge in [-0.1, -0.05) is 0 Å². The van der Waals surface area contributed by atoms with Crippen LogP contribution in [0.5, 0.6) is 0 Å². The summed E-state index contributed by atoms with van der Waals surface area (Å²) < 4.78 is 0. The molecule has 3 aliphatic rings. The standard InChI is InChI=1S/C12H21N3O/c1-14(11-2-3-11)12(16)8-15-6-9-4-13-5-10(9)7-15/h9-11,13H,2-8H2,1H3. The fraction of sp³-hybridized carbons (Fsp3) is 0.917. The van der Waals surface area contributed by atoms with Gasteiger partial charge in [0.25, 0.3) is 0 Å². The zero-order valence-corrected chi connectivity index (χ0v) is 9.98. The average molecular weight is 223 g/mol. The van der Waals surface area contributed by atoms with Crippen LogP contribution in [0.3, 0.4) is 0 Å². The molecule has 0 spiro atoms. The molecule has 2 heterocycles. The highest BCUT2D eigenvalue weighted by atomic mass is 16.2. The van der Waals surface area contributed by atoms with E-state index in [-0.39, 0.29) is 0 Å². The van der Waals surface area contributed by atoms with Gasteiger partial charge in [0.1, 0.15) is 0 Å². The molecule has 0 aromatic carbocycles. The van der Waals surface area contributed by atoms with E-state index in [9.17, 15) is 4.79 Å². The van der Waals surface area contributed by atoms with Crippen LogP contribution in [0.4, 0.5) is 0 Å². The van der Waals surface area contributed by atoms with Gasteiger partial charge in [0.05, 0.1) is 6.54 Å². The quantitative estimate of drug-likeness (QED) is 0.717. The first kappa shape index (κ1) is 10.5. The second-order valence-corrected chi connectivity index (χ2v) is 5.61. The lowest BCUT2D eigenvalue weighted by Gasteiger charge is -2.21. The highest BCUT2D eigenvalue weighted by Crippen LogP contribution is 2.28. The molecule has 0 aromatic heterocycles. The number of hydrogen-bond acceptors (Lipinski definition) is 3. The zero-order chi connectivity index (χ0) is 11.1. The van der Waals surface area contributed by atoms with Crippen LogP contribution in [0, 0.1) is 11.8 Å². The Morgan fingerprint density at radius 2 is 1.94 bits per heavy atom. The highest BCUT2D eigenvalue weighted by Gasteiger charge is 2.37. The van der Waals surface area contributed by atoms with Gasteiger partial charge >= 0.3 is 0 Å². The van der Waals surface area contributed by atoms with E-state index in [1.165, 1.54) is 12.8 Å². The van der Waals surface area contributed by atoms with E-state index in [4.69, 9.17) is 0 Å². The summed E-state index contributed by atoms with van der Waals surface area (Å²) in [6, 6.07) is 0.552. The minimum Gasteiger partial charge on any atom is -0.342 e. The summed E-state index contributed by atoms with van der Waals surface area (Å²) in [5.41, 5.74) is 0. The van der Waals surface area contributed by atoms with E-state index in [0.29, 0.717) is 18.5 Å². The number of nitrogens with one attached hydrogen (secondary N) is 1. The molecular formula is C12H21N3O. The van der Waals surface area contributed by atoms with Gasteiger partial charge in [0, 0.05) is 26.2 Å². The maximum atomic E-state index is 12.0. The minimum atomic E-state index is 0.315. The van der Waals surface area contributed by atoms with Gasteiger partial charge in [-0.05, 0) is 37.8 Å². The molecule has 2 unspecified atom stereocenters. The van der Waals surface area contributed by atoms with Crippen molar-refractivity contribution in [2.45, 2.75) is 18.9 Å². The number of likely N-dealkylation sites (N-methyl/N-ethyl adjacent to an activating group) is 1. The Hall–Kier alpha value is -0.610. The van der Waals surface area contributed by atoms with Gasteiger partial charge in [-0.2, -0.15) is 0 Å². The predicted octanol–water partition coefficient (Wildman–Crippen LogP) is -0.242. The van der Waals surface area contributed by atoms with Crippen LogP contribution in [0.25, 0.3) is 0 Å². The zero-order valence-electron chi connectivity index (χ0n) is 9.98. The highest BCUT2D eigenvalue weighted by molar-refractivity contribution is 5.78. The van der Waals surface area contributed by atoms with Crippen LogP contribution < -0.4 is 5.32 Å². The van der Waals surface area contributed by atoms with Gasteiger partial charge in [0.15, 0.2) is 0 Å². The van der Waals surface area contributed by atoms with Crippen molar-refractivity contribution in [3.8, 4) is 0 Å². The summed E-state index contributed by atoms with van der Waals surface area (Å²) in [6.07, 6.45) is 2.41. The smallest absolute Gasteiger partial charge is 0.236 e. The summed E-state index contributed by atoms with van der Waals surface area (Å²) in [5.74, 6) is 1.90. The van der Waals surface area contributed by atoms with E-state index in [1.54, 1.807) is 0 Å². The number of fused-ring (bicyclic) bond motifs is 1. The number of amides is 1. The SMILES string of the molecule is CN(C(=O)CN1CC2CNCC2C1)C1CC1. The van der Waals surface area contributed by atoms with Crippen molar-refractivity contribution in [2.24, 2.45) is 11.8 Å². The largest absolute Gasteiger partial charge is 0.342 e. The van der Waals surface area contributed by atoms with Gasteiger partial charge < -0.3 is 10.2 Å². The van der Waals surface area contributed by atoms with Gasteiger partial charge in [-0.15, -0.1) is 0 Å². The lowest BCUT2D eigenvalue weighted by atomic mass is 10.0. The normalized spacial score (nSPS) is 34.1. The van der Waals surface area contributed by atoms with Gasteiger partial charge in [-0.25, -0.2) is 0 Å². The molecule has 1 amide bonds. The van der Waals surface area contributed by atoms with Crippen molar-refractivity contribution < 1.29 is 4.79 Å². The first-order chi connectivity index (χ1) is 7.74. The van der Waals surface area contributed by atoms with E-state index in [1.807, 2.05) is 11.9 Å². The summed E-state index contributed by atoms with van der Waals surface area (Å²) in [5, 5.41) is 3.43. The molecule has 16 heavy (non-hydrogen) atoms. The fourth-order valence-corrected chi connectivity index (χ4v) is 3.05. The van der Waals surface area contributed by atoms with E-state index in [2.05, 4.69) is 10.2 Å². The Labute approximate surface area is 97.0 Å². The van der Waals surface area contributed by atoms with Crippen molar-refractivity contribution in [1.29, 1.82) is 0 Å². The predicted molar refractivity (Wildman–Crippen MR) is 62.1 cm³/mol. The fourth-order valence-electron chi connectivity index (χ4n) is 3.05. The third kappa shape index (κ3) is 1.96. The molecule has 0 aromatic rings. The molecule has 0 bridgehead atoms. The maximum Gasteiger partial charge on any atom is 0.236 e. The molecule has 4 nitrogen and oxygen atoms in total. The first-order valence-electron chi connectivity index (χ1n) is 6.43. The molecular weight excluding hydrogens is 202 g/mol. The molecule has 2 saturated heterocycles. The number of hydrogen-bond donors (Lipinski definition) is 1. The Balaban J connectivity index is 1.50. The minimum absolute atomic E-state index is 0.315. The average Bonchev–Trinajstić information content (AvgIpc) is 2.90. The van der Waals surface area contributed by atoms with Crippen molar-refractivity contribution in [3.05, 3.63) is 0 Å². The molecule has 3 rings (SSSR count). The van der Waals surface area contributed by atoms with Crippen LogP contribution in [0.1, 0.15) is 12.8 Å². The summed E-state index contributed by atoms with van der Waals surface area (Å²) in [4.78, 5) is 16.3. The maximum absolute atomic E-state index is 12.0. The van der Waals surface area contributed by atoms with Crippen molar-refractivity contribution >= 4 is 5.91 Å². The molecule has 0 radical (unpaired) electrons. The number of nitrogens with zero attached hydrogens (tertiary/aromatic N) is 2. The molecule has 1 saturated carbocycles. The van der Waals surface area contributed by atoms with Crippen LogP contribution >= 0.6 is 0 Å². The van der Waals surface area contributed by atoms with E-state index < -0.39 is 0 Å². The lowest BCUT2D eigenvalue weighted by Crippen LogP contribution is -2.39. The first-order valence-corrected chi connectivity index (χ1v) is 6.43. The van der Waals surface area contributed by atoms with Crippen molar-refractivity contribution in [3.63, 3.8) is 0 Å². The van der Waals surface area contributed by atoms with Crippen molar-refractivity contribution in [1.82, 2.24) is 15.1 Å². The molecule has 1 N–H and O–H groups in total. The Morgan fingerprint density at radius 3 is 2.50 bits per heavy atom. The second-order valence-electron chi connectivity index (χ2n) is 5.61. The Bertz CT molecular complexity index is 278. The topological polar surface area (TPSA) is 35.6 Å². The molecule has 3 fully saturated rings. The third-order valence-electron chi connectivity index (χ3n) is 4.31. The summed E-state index contributed by atoms with van der Waals surface area (Å²) >= 11 is 0. The third-order valence-corrected chi connectivity index (χ3v) is 4.31. The lowest BCUT2D eigenvalue weighted by molar-refractivity contribution is -0.131. The number of rotatable bonds is 3. The summed E-state index contributed by atoms with van der Waals surface area (Å²) in [6.45, 7) is 5.16. The monoisotopic (exact) mass is 223 g/mol. The van der Waals surface area contributed by atoms with Crippen LogP contribution in [0.15, 0.2) is 0 Å². The number of carbonyl (C=O) groups excluding carboxylic acids is 1. The molecule has 4 heteroatoms. The van der Waals surface area contributed by atoms with Gasteiger partial charge in [0.2, 0.25) is 5.91 Å². The molecule has 2 atom stereocenters. The second kappa shape index (κ2) is 4.00. The van der Waals surface area contributed by atoms with Gasteiger partial charge in [-0.3, -0.25) is 9.69 Å². The molecule has 90 valence electrons. The molecule has 1 aliphatic carbocycles. The Morgan fingerprint density at radius 1 is 1.31 bits per heavy atom. The van der Waals surface area contributed by atoms with Crippen LogP contribution in [0.2, 0.25) is 0 Å². The number of carbonyl (C=O) groups is 1. The summed E-state index contributed by atoms with van der Waals surface area (Å²) in [7, 11) is 1.96.